The van der Waals surface area contributed by atoms with Gasteiger partial charge in [0.05, 0.1) is 6.61 Å². The molecule has 0 radical (unpaired) electrons. The molecule has 1 N–H and O–H groups in total. The summed E-state index contributed by atoms with van der Waals surface area (Å²) < 4.78 is 5.37. The highest BCUT2D eigenvalue weighted by atomic mass is 32.2. The van der Waals surface area contributed by atoms with Gasteiger partial charge in [0.25, 0.3) is 5.91 Å². The van der Waals surface area contributed by atoms with Crippen LogP contribution in [0.5, 0.6) is 0 Å². The predicted octanol–water partition coefficient (Wildman–Crippen LogP) is 2.62. The Morgan fingerprint density at radius 3 is 2.81 bits per heavy atom. The van der Waals surface area contributed by atoms with E-state index in [-0.39, 0.29) is 5.91 Å². The molecule has 0 aliphatic carbocycles. The second kappa shape index (κ2) is 5.07. The number of ether oxygens (including phenoxy) is 1. The molecule has 0 fully saturated rings. The van der Waals surface area contributed by atoms with Crippen LogP contribution in [0.15, 0.2) is 41.0 Å². The lowest BCUT2D eigenvalue weighted by molar-refractivity contribution is -0.116. The summed E-state index contributed by atoms with van der Waals surface area (Å²) in [6, 6.07) is 9.38. The van der Waals surface area contributed by atoms with E-state index in [2.05, 4.69) is 5.32 Å². The van der Waals surface area contributed by atoms with E-state index in [9.17, 15) is 4.79 Å². The number of rotatable bonds is 2. The molecule has 0 bridgehead atoms. The van der Waals surface area contributed by atoms with Gasteiger partial charge >= 0.3 is 0 Å². The molecule has 0 saturated carbocycles. The molecule has 1 amide bonds. The second-order valence-corrected chi connectivity index (χ2v) is 4.71. The van der Waals surface area contributed by atoms with Crippen LogP contribution in [-0.2, 0) is 9.53 Å². The lowest BCUT2D eigenvalue weighted by atomic mass is 10.3. The van der Waals surface area contributed by atoms with Crippen molar-refractivity contribution in [1.29, 1.82) is 0 Å². The van der Waals surface area contributed by atoms with Gasteiger partial charge in [-0.25, -0.2) is 0 Å². The van der Waals surface area contributed by atoms with Crippen molar-refractivity contribution < 1.29 is 9.53 Å². The van der Waals surface area contributed by atoms with Crippen molar-refractivity contribution in [3.8, 4) is 0 Å². The zero-order valence-electron chi connectivity index (χ0n) is 9.03. The van der Waals surface area contributed by atoms with Crippen LogP contribution in [-0.4, -0.2) is 18.3 Å². The van der Waals surface area contributed by atoms with E-state index >= 15 is 0 Å². The molecule has 0 atom stereocenters. The number of anilines is 1. The number of hydrogen-bond acceptors (Lipinski definition) is 3. The van der Waals surface area contributed by atoms with E-state index in [1.807, 2.05) is 37.3 Å². The van der Waals surface area contributed by atoms with E-state index in [4.69, 9.17) is 4.74 Å². The van der Waals surface area contributed by atoms with Crippen molar-refractivity contribution in [2.75, 3.05) is 17.7 Å². The number of carbonyl (C=O) groups is 1. The monoisotopic (exact) mass is 235 g/mol. The Morgan fingerprint density at radius 1 is 1.38 bits per heavy atom. The normalized spacial score (nSPS) is 15.6. The van der Waals surface area contributed by atoms with Crippen LogP contribution in [0, 0.1) is 0 Å². The van der Waals surface area contributed by atoms with Crippen molar-refractivity contribution in [2.24, 2.45) is 0 Å². The summed E-state index contributed by atoms with van der Waals surface area (Å²) in [5.74, 6) is 1.18. The number of para-hydroxylation sites is 1. The second-order valence-electron chi connectivity index (χ2n) is 3.40. The molecule has 0 aromatic heterocycles. The fourth-order valence-electron chi connectivity index (χ4n) is 1.44. The highest BCUT2D eigenvalue weighted by Crippen LogP contribution is 2.25. The lowest BCUT2D eigenvalue weighted by Crippen LogP contribution is -2.20. The number of allylic oxidation sites excluding steroid dienone is 1. The van der Waals surface area contributed by atoms with Crippen LogP contribution in [0.25, 0.3) is 0 Å². The molecule has 3 nitrogen and oxygen atoms in total. The van der Waals surface area contributed by atoms with Crippen molar-refractivity contribution in [3.63, 3.8) is 0 Å². The molecule has 2 rings (SSSR count). The summed E-state index contributed by atoms with van der Waals surface area (Å²) in [6.07, 6.45) is 0. The van der Waals surface area contributed by atoms with Gasteiger partial charge in [-0.1, -0.05) is 18.2 Å². The highest BCUT2D eigenvalue weighted by molar-refractivity contribution is 8.03. The zero-order chi connectivity index (χ0) is 11.4. The Morgan fingerprint density at radius 2 is 2.12 bits per heavy atom. The minimum atomic E-state index is -0.170. The van der Waals surface area contributed by atoms with Gasteiger partial charge in [-0.3, -0.25) is 4.79 Å². The van der Waals surface area contributed by atoms with Gasteiger partial charge in [0.15, 0.2) is 5.76 Å². The third kappa shape index (κ3) is 2.58. The number of carbonyl (C=O) groups excluding carboxylic acids is 1. The molecular formula is C12H13NO2S. The SMILES string of the molecule is CC1=C(C(=O)Nc2ccccc2)OCCS1. The Kier molecular flexibility index (Phi) is 3.51. The van der Waals surface area contributed by atoms with E-state index < -0.39 is 0 Å². The molecule has 0 saturated heterocycles. The maximum atomic E-state index is 11.9. The highest BCUT2D eigenvalue weighted by Gasteiger charge is 2.18. The Bertz CT molecular complexity index is 414. The predicted molar refractivity (Wildman–Crippen MR) is 66.2 cm³/mol. The van der Waals surface area contributed by atoms with Crippen molar-refractivity contribution in [1.82, 2.24) is 0 Å². The molecular weight excluding hydrogens is 222 g/mol. The van der Waals surface area contributed by atoms with Crippen LogP contribution in [0.3, 0.4) is 0 Å². The lowest BCUT2D eigenvalue weighted by Gasteiger charge is -2.17. The summed E-state index contributed by atoms with van der Waals surface area (Å²) in [5, 5.41) is 2.81. The molecule has 1 aliphatic heterocycles. The average molecular weight is 235 g/mol. The van der Waals surface area contributed by atoms with Gasteiger partial charge in [-0.2, -0.15) is 0 Å². The van der Waals surface area contributed by atoms with E-state index in [0.717, 1.165) is 16.3 Å². The van der Waals surface area contributed by atoms with Gasteiger partial charge in [0.2, 0.25) is 0 Å². The Balaban J connectivity index is 2.09. The van der Waals surface area contributed by atoms with Crippen molar-refractivity contribution >= 4 is 23.4 Å². The quantitative estimate of drug-likeness (QED) is 0.856. The first-order chi connectivity index (χ1) is 7.77. The largest absolute Gasteiger partial charge is 0.486 e. The summed E-state index contributed by atoms with van der Waals surface area (Å²) in [5.41, 5.74) is 0.784. The fourth-order valence-corrected chi connectivity index (χ4v) is 2.20. The van der Waals surface area contributed by atoms with Gasteiger partial charge in [-0.05, 0) is 19.1 Å². The van der Waals surface area contributed by atoms with Gasteiger partial charge in [0.1, 0.15) is 0 Å². The molecule has 1 aromatic carbocycles. The molecule has 4 heteroatoms. The standard InChI is InChI=1S/C12H13NO2S/c1-9-11(15-7-8-16-9)12(14)13-10-5-3-2-4-6-10/h2-6H,7-8H2,1H3,(H,13,14). The van der Waals surface area contributed by atoms with Crippen molar-refractivity contribution in [3.05, 3.63) is 41.0 Å². The van der Waals surface area contributed by atoms with Crippen LogP contribution in [0.2, 0.25) is 0 Å². The van der Waals surface area contributed by atoms with Crippen LogP contribution >= 0.6 is 11.8 Å². The first-order valence-electron chi connectivity index (χ1n) is 5.10. The first kappa shape index (κ1) is 11.1. The topological polar surface area (TPSA) is 38.3 Å². The smallest absolute Gasteiger partial charge is 0.291 e. The van der Waals surface area contributed by atoms with Crippen LogP contribution in [0.1, 0.15) is 6.92 Å². The molecule has 0 spiro atoms. The maximum absolute atomic E-state index is 11.9. The number of thioether (sulfide) groups is 1. The average Bonchev–Trinajstić information content (AvgIpc) is 2.31. The maximum Gasteiger partial charge on any atom is 0.291 e. The molecule has 1 heterocycles. The van der Waals surface area contributed by atoms with Gasteiger partial charge < -0.3 is 10.1 Å². The Labute approximate surface area is 98.9 Å². The molecule has 0 unspecified atom stereocenters. The van der Waals surface area contributed by atoms with Gasteiger partial charge in [0, 0.05) is 16.3 Å². The number of amides is 1. The number of nitrogens with one attached hydrogen (secondary N) is 1. The summed E-state index contributed by atoms with van der Waals surface area (Å²) in [6.45, 7) is 2.50. The summed E-state index contributed by atoms with van der Waals surface area (Å²) in [7, 11) is 0. The van der Waals surface area contributed by atoms with Gasteiger partial charge in [-0.15, -0.1) is 11.8 Å². The van der Waals surface area contributed by atoms with Crippen LogP contribution < -0.4 is 5.32 Å². The number of hydrogen-bond donors (Lipinski definition) is 1. The minimum absolute atomic E-state index is 0.170. The fraction of sp³-hybridized carbons (Fsp3) is 0.250. The van der Waals surface area contributed by atoms with E-state index in [1.54, 1.807) is 11.8 Å². The summed E-state index contributed by atoms with van der Waals surface area (Å²) >= 11 is 1.66. The van der Waals surface area contributed by atoms with Crippen molar-refractivity contribution in [2.45, 2.75) is 6.92 Å². The van der Waals surface area contributed by atoms with E-state index in [0.29, 0.717) is 12.4 Å². The molecule has 16 heavy (non-hydrogen) atoms. The molecule has 1 aliphatic rings. The zero-order valence-corrected chi connectivity index (χ0v) is 9.84. The molecule has 84 valence electrons. The van der Waals surface area contributed by atoms with Crippen LogP contribution in [0.4, 0.5) is 5.69 Å². The van der Waals surface area contributed by atoms with E-state index in [1.165, 1.54) is 0 Å². The molecule has 1 aromatic rings. The Hall–Kier alpha value is -1.42. The minimum Gasteiger partial charge on any atom is -0.486 e. The first-order valence-corrected chi connectivity index (χ1v) is 6.09. The number of benzene rings is 1. The third-order valence-electron chi connectivity index (χ3n) is 2.21. The third-order valence-corrected chi connectivity index (χ3v) is 3.20. The summed E-state index contributed by atoms with van der Waals surface area (Å²) in [4.78, 5) is 12.8.